The van der Waals surface area contributed by atoms with E-state index < -0.39 is 59.7 Å². The number of fused-ring (bicyclic) bond motifs is 2. The lowest BCUT2D eigenvalue weighted by atomic mass is 9.69. The zero-order valence-electron chi connectivity index (χ0n) is 33.8. The Bertz CT molecular complexity index is 2730. The highest BCUT2D eigenvalue weighted by Gasteiger charge is 2.62. The van der Waals surface area contributed by atoms with E-state index in [0.29, 0.717) is 53.6 Å². The molecule has 4 fully saturated rings. The number of imide groups is 1. The summed E-state index contributed by atoms with van der Waals surface area (Å²) < 4.78 is 62.3. The number of rotatable bonds is 9. The third kappa shape index (κ3) is 7.16. The van der Waals surface area contributed by atoms with Crippen molar-refractivity contribution in [2.24, 2.45) is 5.41 Å². The normalized spacial score (nSPS) is 21.3. The number of alkyl halides is 3. The number of imidazole rings is 1. The molecule has 1 aliphatic carbocycles. The molecule has 15 nitrogen and oxygen atoms in total. The van der Waals surface area contributed by atoms with Crippen LogP contribution in [0.5, 0.6) is 0 Å². The molecule has 2 atom stereocenters. The summed E-state index contributed by atoms with van der Waals surface area (Å²) in [5.41, 5.74) is 3.55. The van der Waals surface area contributed by atoms with Gasteiger partial charge in [0.25, 0.3) is 17.7 Å². The lowest BCUT2D eigenvalue weighted by molar-refractivity contribution is -0.220. The molecular formula is C43H40ClF4N11O4. The van der Waals surface area contributed by atoms with E-state index >= 15 is 13.2 Å². The summed E-state index contributed by atoms with van der Waals surface area (Å²) >= 11 is 6.33. The molecule has 63 heavy (non-hydrogen) atoms. The number of urea groups is 1. The zero-order chi connectivity index (χ0) is 43.9. The van der Waals surface area contributed by atoms with Crippen LogP contribution in [0, 0.1) is 11.2 Å². The molecule has 20 heteroatoms. The molecule has 3 aromatic heterocycles. The van der Waals surface area contributed by atoms with Crippen molar-refractivity contribution in [3.63, 3.8) is 0 Å². The smallest absolute Gasteiger partial charge is 0.328 e. The third-order valence-electron chi connectivity index (χ3n) is 12.7. The van der Waals surface area contributed by atoms with Gasteiger partial charge < -0.3 is 20.4 Å². The first-order valence-electron chi connectivity index (χ1n) is 20.6. The van der Waals surface area contributed by atoms with Crippen molar-refractivity contribution < 1.29 is 36.7 Å². The van der Waals surface area contributed by atoms with Crippen LogP contribution in [0.4, 0.5) is 45.2 Å². The highest BCUT2D eigenvalue weighted by Crippen LogP contribution is 2.51. The number of carbonyl (C=O) groups is 4. The van der Waals surface area contributed by atoms with Crippen LogP contribution in [-0.2, 0) is 17.8 Å². The van der Waals surface area contributed by atoms with Crippen molar-refractivity contribution >= 4 is 63.9 Å². The van der Waals surface area contributed by atoms with E-state index in [4.69, 9.17) is 16.7 Å². The van der Waals surface area contributed by atoms with E-state index in [1.807, 2.05) is 15.9 Å². The number of anilines is 4. The Hall–Kier alpha value is -6.34. The van der Waals surface area contributed by atoms with Crippen molar-refractivity contribution in [1.29, 1.82) is 0 Å². The Kier molecular flexibility index (Phi) is 9.81. The van der Waals surface area contributed by atoms with E-state index in [1.54, 1.807) is 25.4 Å². The van der Waals surface area contributed by atoms with Crippen LogP contribution in [0.3, 0.4) is 0 Å². The van der Waals surface area contributed by atoms with E-state index in [9.17, 15) is 23.6 Å². The van der Waals surface area contributed by atoms with Gasteiger partial charge in [-0.3, -0.25) is 34.5 Å². The van der Waals surface area contributed by atoms with Gasteiger partial charge in [-0.1, -0.05) is 17.7 Å². The van der Waals surface area contributed by atoms with Crippen molar-refractivity contribution in [3.8, 4) is 11.3 Å². The minimum atomic E-state index is -3.17. The number of piperidine rings is 1. The molecule has 1 saturated carbocycles. The predicted octanol–water partition coefficient (Wildman–Crippen LogP) is 5.59. The lowest BCUT2D eigenvalue weighted by Crippen LogP contribution is -2.70. The first-order valence-corrected chi connectivity index (χ1v) is 21.0. The number of carbonyl (C=O) groups excluding carboxylic acids is 4. The highest BCUT2D eigenvalue weighted by atomic mass is 35.5. The van der Waals surface area contributed by atoms with E-state index in [2.05, 4.69) is 25.9 Å². The summed E-state index contributed by atoms with van der Waals surface area (Å²) in [6.45, 7) is 0.525. The van der Waals surface area contributed by atoms with Crippen LogP contribution < -0.4 is 25.8 Å². The second-order valence-electron chi connectivity index (χ2n) is 16.8. The van der Waals surface area contributed by atoms with Crippen LogP contribution in [0.15, 0.2) is 60.9 Å². The fourth-order valence-corrected chi connectivity index (χ4v) is 9.41. The molecule has 5 amide bonds. The van der Waals surface area contributed by atoms with Gasteiger partial charge in [-0.05, 0) is 60.4 Å². The average molecular weight is 886 g/mol. The Balaban J connectivity index is 0.801. The fourth-order valence-electron chi connectivity index (χ4n) is 9.19. The number of nitrogens with one attached hydrogen (secondary N) is 3. The molecule has 2 aromatic carbocycles. The summed E-state index contributed by atoms with van der Waals surface area (Å²) in [6, 6.07) is 11.4. The summed E-state index contributed by atoms with van der Waals surface area (Å²) in [7, 11) is 1.71. The van der Waals surface area contributed by atoms with Gasteiger partial charge in [-0.15, -0.1) is 5.10 Å². The maximum absolute atomic E-state index is 16.0. The molecule has 5 aromatic rings. The van der Waals surface area contributed by atoms with E-state index in [1.165, 1.54) is 45.9 Å². The Morgan fingerprint density at radius 1 is 0.952 bits per heavy atom. The van der Waals surface area contributed by atoms with Crippen LogP contribution >= 0.6 is 11.6 Å². The average Bonchev–Trinajstić information content (AvgIpc) is 3.56. The highest BCUT2D eigenvalue weighted by molar-refractivity contribution is 6.34. The van der Waals surface area contributed by atoms with Gasteiger partial charge in [0, 0.05) is 88.2 Å². The molecule has 0 radical (unpaired) electrons. The Morgan fingerprint density at radius 2 is 1.75 bits per heavy atom. The SMILES string of the molecule is CNc1cc(N2CCc3c(-c4ccc(CN5CC6(CCN(C(=O)c7ccc(Cl)c(N8CCC(=O)NC8=O)c7)CC6(F)F)C5)cn4)cc(F)cc32)nn2c(C(=O)N[C@@H]3C[C@@H]3F)cnc12. The molecular weight excluding hydrogens is 846 g/mol. The van der Waals surface area contributed by atoms with Crippen LogP contribution in [-0.4, -0.2) is 118 Å². The number of likely N-dealkylation sites (tertiary alicyclic amines) is 2. The fraction of sp³-hybridized carbons (Fsp3) is 0.372. The van der Waals surface area contributed by atoms with Gasteiger partial charge in [0.15, 0.2) is 17.2 Å². The molecule has 3 saturated heterocycles. The number of benzene rings is 2. The minimum Gasteiger partial charge on any atom is -0.385 e. The van der Waals surface area contributed by atoms with Crippen LogP contribution in [0.1, 0.15) is 51.2 Å². The first kappa shape index (κ1) is 40.7. The summed E-state index contributed by atoms with van der Waals surface area (Å²) in [5.74, 6) is -4.73. The second kappa shape index (κ2) is 15.2. The van der Waals surface area contributed by atoms with Crippen molar-refractivity contribution in [1.82, 2.24) is 40.0 Å². The monoisotopic (exact) mass is 885 g/mol. The lowest BCUT2D eigenvalue weighted by Gasteiger charge is -2.57. The first-order chi connectivity index (χ1) is 30.2. The number of pyridine rings is 1. The topological polar surface area (TPSA) is 160 Å². The van der Waals surface area contributed by atoms with Gasteiger partial charge in [0.05, 0.1) is 46.3 Å². The van der Waals surface area contributed by atoms with Gasteiger partial charge in [0.2, 0.25) is 5.91 Å². The predicted molar refractivity (Wildman–Crippen MR) is 224 cm³/mol. The van der Waals surface area contributed by atoms with Gasteiger partial charge in [0.1, 0.15) is 12.0 Å². The number of amides is 5. The van der Waals surface area contributed by atoms with Gasteiger partial charge in [-0.25, -0.2) is 31.9 Å². The van der Waals surface area contributed by atoms with Gasteiger partial charge in [-0.2, -0.15) is 0 Å². The quantitative estimate of drug-likeness (QED) is 0.159. The van der Waals surface area contributed by atoms with Crippen molar-refractivity contribution in [2.45, 2.75) is 50.4 Å². The van der Waals surface area contributed by atoms with Crippen LogP contribution in [0.25, 0.3) is 16.9 Å². The molecule has 4 aliphatic heterocycles. The third-order valence-corrected chi connectivity index (χ3v) is 13.1. The number of halogens is 5. The molecule has 10 rings (SSSR count). The molecule has 1 spiro atoms. The molecule has 5 aliphatic rings. The number of nitrogens with zero attached hydrogens (tertiary/aromatic N) is 8. The summed E-state index contributed by atoms with van der Waals surface area (Å²) in [6.07, 6.45) is 2.94. The number of hydrogen-bond acceptors (Lipinski definition) is 10. The standard InChI is InChI=1S/C43H40ClF4N11O4/c1-49-32-16-36(54-59-35(18-51-38(32)59)39(61)52-31-15-29(31)46)57-9-6-26-27(13-25(45)14-33(26)57)30-5-2-23(17-50-30)19-55-20-42(21-55)8-11-56(22-43(42,47)48)40(62)24-3-4-28(44)34(12-24)58-10-7-37(60)53-41(58)63/h2-5,12-14,16-18,29,31,49H,6-11,15,19-22H2,1H3,(H,52,61)(H,53,60,63)/t29-,31+/m0/s1. The number of hydrogen-bond donors (Lipinski definition) is 3. The summed E-state index contributed by atoms with van der Waals surface area (Å²) in [5, 5.41) is 12.9. The molecule has 0 bridgehead atoms. The van der Waals surface area contributed by atoms with E-state index in [0.717, 1.165) is 16.0 Å². The van der Waals surface area contributed by atoms with Gasteiger partial charge >= 0.3 is 6.03 Å². The largest absolute Gasteiger partial charge is 0.385 e. The minimum absolute atomic E-state index is 0.0532. The Morgan fingerprint density at radius 3 is 2.46 bits per heavy atom. The summed E-state index contributed by atoms with van der Waals surface area (Å²) in [4.78, 5) is 65.8. The maximum atomic E-state index is 16.0. The maximum Gasteiger partial charge on any atom is 0.328 e. The van der Waals surface area contributed by atoms with E-state index in [-0.39, 0.29) is 67.4 Å². The molecule has 0 unspecified atom stereocenters. The molecule has 7 heterocycles. The zero-order valence-corrected chi connectivity index (χ0v) is 34.6. The molecule has 326 valence electrons. The Labute approximate surface area is 362 Å². The second-order valence-corrected chi connectivity index (χ2v) is 17.2. The van der Waals surface area contributed by atoms with Crippen molar-refractivity contribution in [3.05, 3.63) is 94.1 Å². The van der Waals surface area contributed by atoms with Crippen molar-refractivity contribution in [2.75, 3.05) is 61.4 Å². The van der Waals surface area contributed by atoms with Crippen LogP contribution in [0.2, 0.25) is 5.02 Å². The molecule has 3 N–H and O–H groups in total. The number of aromatic nitrogens is 4.